The van der Waals surface area contributed by atoms with Crippen molar-refractivity contribution in [3.05, 3.63) is 52.3 Å². The molecule has 0 spiro atoms. The number of rotatable bonds is 3. The molecule has 26 heavy (non-hydrogen) atoms. The number of nitrogens with zero attached hydrogens (tertiary/aromatic N) is 5. The molecule has 1 saturated heterocycles. The zero-order valence-electron chi connectivity index (χ0n) is 14.2. The Balaban J connectivity index is 1.96. The molecule has 0 bridgehead atoms. The quantitative estimate of drug-likeness (QED) is 0.727. The van der Waals surface area contributed by atoms with Crippen molar-refractivity contribution in [2.45, 2.75) is 25.4 Å². The van der Waals surface area contributed by atoms with Crippen LogP contribution in [0.1, 0.15) is 24.0 Å². The van der Waals surface area contributed by atoms with Gasteiger partial charge in [-0.1, -0.05) is 6.07 Å². The predicted molar refractivity (Wildman–Crippen MR) is 97.8 cm³/mol. The van der Waals surface area contributed by atoms with Gasteiger partial charge in [0.05, 0.1) is 12.9 Å². The summed E-state index contributed by atoms with van der Waals surface area (Å²) < 4.78 is 1.87. The van der Waals surface area contributed by atoms with E-state index in [4.69, 9.17) is 5.73 Å². The maximum Gasteiger partial charge on any atom is 0.275 e. The molecule has 1 aliphatic heterocycles. The highest BCUT2D eigenvalue weighted by molar-refractivity contribution is 5.89. The van der Waals surface area contributed by atoms with Crippen molar-refractivity contribution in [1.82, 2.24) is 19.5 Å². The Labute approximate surface area is 149 Å². The number of fused-ring (bicyclic) bond motifs is 1. The molecular formula is C18H19N7O. The smallest absolute Gasteiger partial charge is 0.275 e. The van der Waals surface area contributed by atoms with Crippen LogP contribution in [0.15, 0.2) is 35.6 Å². The lowest BCUT2D eigenvalue weighted by Crippen LogP contribution is -2.44. The SMILES string of the molecule is N#Cc1c(N2CCC[C@H](N)C2)n(Cc2cccnc2)c2c(=O)[nH]cnc12. The fourth-order valence-corrected chi connectivity index (χ4v) is 3.63. The molecule has 0 aromatic carbocycles. The Morgan fingerprint density at radius 1 is 1.46 bits per heavy atom. The van der Waals surface area contributed by atoms with Crippen molar-refractivity contribution in [2.75, 3.05) is 18.0 Å². The summed E-state index contributed by atoms with van der Waals surface area (Å²) in [6.45, 7) is 1.88. The number of nitriles is 1. The lowest BCUT2D eigenvalue weighted by Gasteiger charge is -2.33. The van der Waals surface area contributed by atoms with Gasteiger partial charge in [0.1, 0.15) is 28.5 Å². The molecule has 1 fully saturated rings. The van der Waals surface area contributed by atoms with Gasteiger partial charge in [0, 0.05) is 31.5 Å². The zero-order chi connectivity index (χ0) is 18.1. The Kier molecular flexibility index (Phi) is 4.14. The van der Waals surface area contributed by atoms with Crippen LogP contribution in [0.4, 0.5) is 5.82 Å². The second-order valence-corrected chi connectivity index (χ2v) is 6.54. The highest BCUT2D eigenvalue weighted by Crippen LogP contribution is 2.32. The third kappa shape index (κ3) is 2.72. The summed E-state index contributed by atoms with van der Waals surface area (Å²) in [6, 6.07) is 6.10. The molecule has 0 unspecified atom stereocenters. The molecule has 0 aliphatic carbocycles. The van der Waals surface area contributed by atoms with Crippen LogP contribution in [0.3, 0.4) is 0 Å². The van der Waals surface area contributed by atoms with Gasteiger partial charge in [-0.25, -0.2) is 4.98 Å². The standard InChI is InChI=1S/C18H19N7O/c19-7-14-15-16(17(26)23-11-22-15)25(9-12-3-1-5-21-8-12)18(14)24-6-2-4-13(20)10-24/h1,3,5,8,11,13H,2,4,6,9-10,20H2,(H,22,23,26)/t13-/m0/s1. The number of nitrogens with two attached hydrogens (primary N) is 1. The number of nitrogens with one attached hydrogen (secondary N) is 1. The van der Waals surface area contributed by atoms with Crippen LogP contribution in [0.5, 0.6) is 0 Å². The number of aromatic nitrogens is 4. The topological polar surface area (TPSA) is 117 Å². The van der Waals surface area contributed by atoms with Crippen molar-refractivity contribution >= 4 is 16.9 Å². The third-order valence-corrected chi connectivity index (χ3v) is 4.75. The molecule has 1 atom stereocenters. The highest BCUT2D eigenvalue weighted by Gasteiger charge is 2.27. The van der Waals surface area contributed by atoms with Gasteiger partial charge < -0.3 is 20.2 Å². The molecule has 0 saturated carbocycles. The predicted octanol–water partition coefficient (Wildman–Crippen LogP) is 0.967. The lowest BCUT2D eigenvalue weighted by molar-refractivity contribution is 0.498. The number of hydrogen-bond acceptors (Lipinski definition) is 6. The fourth-order valence-electron chi connectivity index (χ4n) is 3.63. The number of pyridine rings is 1. The molecule has 132 valence electrons. The van der Waals surface area contributed by atoms with Crippen LogP contribution < -0.4 is 16.2 Å². The molecule has 8 nitrogen and oxygen atoms in total. The first-order valence-corrected chi connectivity index (χ1v) is 8.58. The molecule has 4 heterocycles. The van der Waals surface area contributed by atoms with E-state index in [1.165, 1.54) is 6.33 Å². The van der Waals surface area contributed by atoms with Crippen LogP contribution in [-0.4, -0.2) is 38.7 Å². The summed E-state index contributed by atoms with van der Waals surface area (Å²) in [5, 5.41) is 9.80. The van der Waals surface area contributed by atoms with Crippen molar-refractivity contribution < 1.29 is 0 Å². The second-order valence-electron chi connectivity index (χ2n) is 6.54. The maximum absolute atomic E-state index is 12.5. The summed E-state index contributed by atoms with van der Waals surface area (Å²) in [5.41, 5.74) is 8.09. The lowest BCUT2D eigenvalue weighted by atomic mass is 10.1. The molecule has 4 rings (SSSR count). The van der Waals surface area contributed by atoms with Crippen molar-refractivity contribution in [1.29, 1.82) is 5.26 Å². The summed E-state index contributed by atoms with van der Waals surface area (Å²) in [6.07, 6.45) is 6.71. The van der Waals surface area contributed by atoms with Crippen LogP contribution in [0.25, 0.3) is 11.0 Å². The van der Waals surface area contributed by atoms with Gasteiger partial charge >= 0.3 is 0 Å². The molecule has 3 aromatic rings. The van der Waals surface area contributed by atoms with Gasteiger partial charge in [0.15, 0.2) is 0 Å². The van der Waals surface area contributed by atoms with Crippen LogP contribution in [-0.2, 0) is 6.54 Å². The van der Waals surface area contributed by atoms with Crippen molar-refractivity contribution in [3.8, 4) is 6.07 Å². The fraction of sp³-hybridized carbons (Fsp3) is 0.333. The minimum atomic E-state index is -0.261. The average molecular weight is 349 g/mol. The van der Waals surface area contributed by atoms with E-state index in [1.807, 2.05) is 16.7 Å². The van der Waals surface area contributed by atoms with Gasteiger partial charge in [-0.05, 0) is 24.5 Å². The van der Waals surface area contributed by atoms with Crippen LogP contribution in [0, 0.1) is 11.3 Å². The molecule has 8 heteroatoms. The largest absolute Gasteiger partial charge is 0.355 e. The van der Waals surface area contributed by atoms with Gasteiger partial charge in [0.25, 0.3) is 5.56 Å². The number of aromatic amines is 1. The summed E-state index contributed by atoms with van der Waals surface area (Å²) in [4.78, 5) is 25.7. The maximum atomic E-state index is 12.5. The van der Waals surface area contributed by atoms with E-state index in [0.29, 0.717) is 35.5 Å². The Morgan fingerprint density at radius 3 is 3.08 bits per heavy atom. The van der Waals surface area contributed by atoms with Gasteiger partial charge in [-0.2, -0.15) is 5.26 Å². The van der Waals surface area contributed by atoms with E-state index >= 15 is 0 Å². The molecular weight excluding hydrogens is 330 g/mol. The van der Waals surface area contributed by atoms with Crippen molar-refractivity contribution in [2.24, 2.45) is 5.73 Å². The van der Waals surface area contributed by atoms with E-state index in [0.717, 1.165) is 24.9 Å². The Morgan fingerprint density at radius 2 is 2.35 bits per heavy atom. The molecule has 0 radical (unpaired) electrons. The van der Waals surface area contributed by atoms with E-state index in [-0.39, 0.29) is 11.6 Å². The normalized spacial score (nSPS) is 17.4. The van der Waals surface area contributed by atoms with Crippen LogP contribution in [0.2, 0.25) is 0 Å². The van der Waals surface area contributed by atoms with Gasteiger partial charge in [-0.3, -0.25) is 9.78 Å². The summed E-state index contributed by atoms with van der Waals surface area (Å²) >= 11 is 0. The monoisotopic (exact) mass is 349 g/mol. The second kappa shape index (κ2) is 6.61. The number of H-pyrrole nitrogens is 1. The van der Waals surface area contributed by atoms with Crippen LogP contribution >= 0.6 is 0 Å². The number of piperidine rings is 1. The minimum absolute atomic E-state index is 0.0476. The molecule has 3 N–H and O–H groups in total. The molecule has 3 aromatic heterocycles. The molecule has 1 aliphatic rings. The van der Waals surface area contributed by atoms with E-state index < -0.39 is 0 Å². The van der Waals surface area contributed by atoms with Gasteiger partial charge in [-0.15, -0.1) is 0 Å². The van der Waals surface area contributed by atoms with E-state index in [2.05, 4.69) is 25.9 Å². The first kappa shape index (κ1) is 16.3. The first-order chi connectivity index (χ1) is 12.7. The Bertz CT molecular complexity index is 1030. The minimum Gasteiger partial charge on any atom is -0.355 e. The Hall–Kier alpha value is -3.18. The summed E-state index contributed by atoms with van der Waals surface area (Å²) in [5.74, 6) is 0.714. The average Bonchev–Trinajstić information content (AvgIpc) is 2.97. The summed E-state index contributed by atoms with van der Waals surface area (Å²) in [7, 11) is 0. The molecule has 0 amide bonds. The first-order valence-electron chi connectivity index (χ1n) is 8.58. The van der Waals surface area contributed by atoms with E-state index in [9.17, 15) is 10.1 Å². The third-order valence-electron chi connectivity index (χ3n) is 4.75. The van der Waals surface area contributed by atoms with Crippen molar-refractivity contribution in [3.63, 3.8) is 0 Å². The highest BCUT2D eigenvalue weighted by atomic mass is 16.1. The zero-order valence-corrected chi connectivity index (χ0v) is 14.2. The number of anilines is 1. The van der Waals surface area contributed by atoms with E-state index in [1.54, 1.807) is 12.4 Å². The van der Waals surface area contributed by atoms with Gasteiger partial charge in [0.2, 0.25) is 0 Å². The number of hydrogen-bond donors (Lipinski definition) is 2.